The molecule has 0 aliphatic heterocycles. The van der Waals surface area contributed by atoms with Crippen LogP contribution in [-0.4, -0.2) is 30.1 Å². The van der Waals surface area contributed by atoms with Gasteiger partial charge in [-0.1, -0.05) is 78.9 Å². The number of benzene rings is 3. The number of hydrogen-bond donors (Lipinski definition) is 1. The van der Waals surface area contributed by atoms with Crippen LogP contribution in [0.5, 0.6) is 0 Å². The van der Waals surface area contributed by atoms with E-state index >= 15 is 0 Å². The molecule has 6 rings (SSSR count). The Labute approximate surface area is 225 Å². The molecule has 0 amide bonds. The number of furan rings is 1. The van der Waals surface area contributed by atoms with E-state index in [2.05, 4.69) is 37.5 Å². The van der Waals surface area contributed by atoms with Crippen LogP contribution in [0.4, 0.5) is 0 Å². The number of para-hydroxylation sites is 1. The lowest BCUT2D eigenvalue weighted by atomic mass is 10.0. The first-order valence-corrected chi connectivity index (χ1v) is 12.9. The maximum atomic E-state index is 13.8. The fraction of sp³-hybridized carbons (Fsp3) is 0.161. The number of hydrogen-bond acceptors (Lipinski definition) is 6. The minimum atomic E-state index is -0.553. The Morgan fingerprint density at radius 2 is 1.67 bits per heavy atom. The average molecular weight is 517 g/mol. The van der Waals surface area contributed by atoms with Gasteiger partial charge in [-0.15, -0.1) is 5.10 Å². The van der Waals surface area contributed by atoms with Crippen molar-refractivity contribution in [2.45, 2.75) is 32.6 Å². The van der Waals surface area contributed by atoms with Gasteiger partial charge in [0.1, 0.15) is 11.8 Å². The van der Waals surface area contributed by atoms with Crippen molar-refractivity contribution in [2.75, 3.05) is 0 Å². The number of pyridine rings is 1. The van der Waals surface area contributed by atoms with Crippen molar-refractivity contribution in [1.29, 1.82) is 0 Å². The molecule has 8 heteroatoms. The number of aromatic nitrogens is 5. The highest BCUT2D eigenvalue weighted by Crippen LogP contribution is 2.30. The van der Waals surface area contributed by atoms with Gasteiger partial charge in [0.2, 0.25) is 0 Å². The van der Waals surface area contributed by atoms with Crippen molar-refractivity contribution >= 4 is 10.9 Å². The van der Waals surface area contributed by atoms with E-state index in [-0.39, 0.29) is 5.56 Å². The highest BCUT2D eigenvalue weighted by Gasteiger charge is 2.31. The number of rotatable bonds is 9. The lowest BCUT2D eigenvalue weighted by Gasteiger charge is -2.30. The summed E-state index contributed by atoms with van der Waals surface area (Å²) in [4.78, 5) is 19.1. The van der Waals surface area contributed by atoms with E-state index < -0.39 is 6.04 Å². The first kappa shape index (κ1) is 24.5. The van der Waals surface area contributed by atoms with E-state index in [0.717, 1.165) is 33.4 Å². The van der Waals surface area contributed by atoms with E-state index in [4.69, 9.17) is 4.42 Å². The third-order valence-corrected chi connectivity index (χ3v) is 6.92. The topological polar surface area (TPSA) is 92.8 Å². The van der Waals surface area contributed by atoms with Gasteiger partial charge in [0.25, 0.3) is 5.56 Å². The molecule has 0 aliphatic rings. The lowest BCUT2D eigenvalue weighted by molar-refractivity contribution is 0.179. The number of tetrazole rings is 1. The average Bonchev–Trinajstić information content (AvgIpc) is 3.63. The molecule has 194 valence electrons. The summed E-state index contributed by atoms with van der Waals surface area (Å²) in [6.45, 7) is 3.48. The van der Waals surface area contributed by atoms with E-state index in [0.29, 0.717) is 31.0 Å². The zero-order valence-electron chi connectivity index (χ0n) is 21.6. The molecule has 8 nitrogen and oxygen atoms in total. The standard InChI is InChI=1S/C31H28N6O2/c1-22-10-8-15-25-18-27(31(38)32-28(22)25)29(30-33-34-35-37(30)20-24-13-6-3-7-14-24)36(21-26-16-9-17-39-26)19-23-11-4-2-5-12-23/h2-18,29H,19-21H2,1H3,(H,32,38)/t29-/m0/s1. The number of nitrogens with zero attached hydrogens (tertiary/aromatic N) is 5. The molecule has 0 saturated carbocycles. The Hall–Kier alpha value is -4.82. The monoisotopic (exact) mass is 516 g/mol. The van der Waals surface area contributed by atoms with Gasteiger partial charge in [-0.3, -0.25) is 9.69 Å². The molecule has 39 heavy (non-hydrogen) atoms. The van der Waals surface area contributed by atoms with Crippen LogP contribution in [0.25, 0.3) is 10.9 Å². The van der Waals surface area contributed by atoms with E-state index in [1.165, 1.54) is 0 Å². The molecule has 1 N–H and O–H groups in total. The molecule has 0 spiro atoms. The first-order valence-electron chi connectivity index (χ1n) is 12.9. The molecule has 0 bridgehead atoms. The second-order valence-electron chi connectivity index (χ2n) is 9.65. The number of fused-ring (bicyclic) bond motifs is 1. The molecular formula is C31H28N6O2. The minimum Gasteiger partial charge on any atom is -0.468 e. The quantitative estimate of drug-likeness (QED) is 0.282. The minimum absolute atomic E-state index is 0.173. The molecule has 0 aliphatic carbocycles. The third kappa shape index (κ3) is 5.28. The van der Waals surface area contributed by atoms with Crippen molar-refractivity contribution in [3.8, 4) is 0 Å². The highest BCUT2D eigenvalue weighted by molar-refractivity contribution is 5.82. The number of aromatic amines is 1. The van der Waals surface area contributed by atoms with Gasteiger partial charge in [0.15, 0.2) is 5.82 Å². The van der Waals surface area contributed by atoms with Gasteiger partial charge >= 0.3 is 0 Å². The molecule has 0 saturated heterocycles. The summed E-state index contributed by atoms with van der Waals surface area (Å²) >= 11 is 0. The van der Waals surface area contributed by atoms with Gasteiger partial charge in [-0.25, -0.2) is 4.68 Å². The summed E-state index contributed by atoms with van der Waals surface area (Å²) < 4.78 is 7.54. The number of H-pyrrole nitrogens is 1. The molecule has 0 fully saturated rings. The molecule has 0 radical (unpaired) electrons. The molecule has 3 aromatic heterocycles. The lowest BCUT2D eigenvalue weighted by Crippen LogP contribution is -2.35. The maximum absolute atomic E-state index is 13.8. The van der Waals surface area contributed by atoms with Crippen molar-refractivity contribution in [3.05, 3.63) is 148 Å². The van der Waals surface area contributed by atoms with Gasteiger partial charge in [0, 0.05) is 12.1 Å². The smallest absolute Gasteiger partial charge is 0.253 e. The summed E-state index contributed by atoms with van der Waals surface area (Å²) in [6.07, 6.45) is 1.66. The van der Waals surface area contributed by atoms with Crippen molar-refractivity contribution < 1.29 is 4.42 Å². The summed E-state index contributed by atoms with van der Waals surface area (Å²) in [6, 6.07) is 31.4. The third-order valence-electron chi connectivity index (χ3n) is 6.92. The van der Waals surface area contributed by atoms with Crippen LogP contribution in [0.3, 0.4) is 0 Å². The Bertz CT molecular complexity index is 1730. The summed E-state index contributed by atoms with van der Waals surface area (Å²) in [5.74, 6) is 1.37. The predicted octanol–water partition coefficient (Wildman–Crippen LogP) is 5.26. The van der Waals surface area contributed by atoms with E-state index in [1.807, 2.05) is 91.9 Å². The number of aryl methyl sites for hydroxylation is 1. The highest BCUT2D eigenvalue weighted by atomic mass is 16.3. The molecule has 0 unspecified atom stereocenters. The van der Waals surface area contributed by atoms with Gasteiger partial charge in [0.05, 0.1) is 24.9 Å². The predicted molar refractivity (Wildman–Crippen MR) is 149 cm³/mol. The van der Waals surface area contributed by atoms with Crippen LogP contribution in [0.2, 0.25) is 0 Å². The molecule has 1 atom stereocenters. The Morgan fingerprint density at radius 1 is 0.897 bits per heavy atom. The molecule has 3 aromatic carbocycles. The normalized spacial score (nSPS) is 12.3. The van der Waals surface area contributed by atoms with Crippen LogP contribution < -0.4 is 5.56 Å². The van der Waals surface area contributed by atoms with Crippen LogP contribution in [0.1, 0.15) is 39.9 Å². The second kappa shape index (κ2) is 10.9. The largest absolute Gasteiger partial charge is 0.468 e. The fourth-order valence-corrected chi connectivity index (χ4v) is 5.04. The van der Waals surface area contributed by atoms with Gasteiger partial charge in [-0.2, -0.15) is 0 Å². The summed E-state index contributed by atoms with van der Waals surface area (Å²) in [5.41, 5.74) is 4.40. The maximum Gasteiger partial charge on any atom is 0.253 e. The second-order valence-corrected chi connectivity index (χ2v) is 9.65. The van der Waals surface area contributed by atoms with Crippen LogP contribution in [0.15, 0.2) is 113 Å². The van der Waals surface area contributed by atoms with Crippen LogP contribution in [-0.2, 0) is 19.6 Å². The van der Waals surface area contributed by atoms with Crippen molar-refractivity contribution in [3.63, 3.8) is 0 Å². The first-order chi connectivity index (χ1) is 19.2. The summed E-state index contributed by atoms with van der Waals surface area (Å²) in [5, 5.41) is 13.9. The van der Waals surface area contributed by atoms with E-state index in [1.54, 1.807) is 10.9 Å². The molecule has 6 aromatic rings. The zero-order chi connectivity index (χ0) is 26.6. The zero-order valence-corrected chi connectivity index (χ0v) is 21.6. The summed E-state index contributed by atoms with van der Waals surface area (Å²) in [7, 11) is 0. The number of nitrogens with one attached hydrogen (secondary N) is 1. The van der Waals surface area contributed by atoms with Gasteiger partial charge in [-0.05, 0) is 57.6 Å². The Morgan fingerprint density at radius 3 is 2.41 bits per heavy atom. The Kier molecular flexibility index (Phi) is 6.84. The van der Waals surface area contributed by atoms with Crippen molar-refractivity contribution in [1.82, 2.24) is 30.1 Å². The molecule has 3 heterocycles. The van der Waals surface area contributed by atoms with Crippen LogP contribution >= 0.6 is 0 Å². The molecular weight excluding hydrogens is 488 g/mol. The Balaban J connectivity index is 1.53. The van der Waals surface area contributed by atoms with E-state index in [9.17, 15) is 4.79 Å². The van der Waals surface area contributed by atoms with Crippen LogP contribution in [0, 0.1) is 6.92 Å². The SMILES string of the molecule is Cc1cccc2cc([C@@H](c3nnnn3Cc3ccccc3)N(Cc3ccccc3)Cc3ccco3)c(=O)[nH]c12. The van der Waals surface area contributed by atoms with Gasteiger partial charge < -0.3 is 9.40 Å². The van der Waals surface area contributed by atoms with Crippen molar-refractivity contribution in [2.24, 2.45) is 0 Å². The fourth-order valence-electron chi connectivity index (χ4n) is 5.04.